The fourth-order valence-corrected chi connectivity index (χ4v) is 5.87. The third-order valence-electron chi connectivity index (χ3n) is 6.95. The standard InChI is InChI=1S/C31H25FN4OS/c1-31(2,29(37)35-30-34-25-10-6-7-11-27(25)38-30)28(20-8-4-3-5-9-20)21-12-17-26-22(18-21)19-33-36(26)24-15-13-23(32)14-16-24/h3-19,28H,1-2H3,(H,34,35,37). The van der Waals surface area contributed by atoms with Crippen LogP contribution in [0, 0.1) is 11.2 Å². The van der Waals surface area contributed by atoms with E-state index in [0.717, 1.165) is 37.9 Å². The Kier molecular flexibility index (Phi) is 6.00. The van der Waals surface area contributed by atoms with Gasteiger partial charge in [-0.25, -0.2) is 14.1 Å². The van der Waals surface area contributed by atoms with E-state index in [0.29, 0.717) is 5.13 Å². The summed E-state index contributed by atoms with van der Waals surface area (Å²) in [6.45, 7) is 3.94. The molecule has 0 aliphatic carbocycles. The van der Waals surface area contributed by atoms with Crippen LogP contribution in [0.1, 0.15) is 30.9 Å². The number of carbonyl (C=O) groups is 1. The fourth-order valence-electron chi connectivity index (χ4n) is 5.01. The lowest BCUT2D eigenvalue weighted by atomic mass is 9.70. The van der Waals surface area contributed by atoms with Crippen LogP contribution in [0.4, 0.5) is 9.52 Å². The number of anilines is 1. The zero-order valence-corrected chi connectivity index (χ0v) is 21.7. The number of hydrogen-bond donors (Lipinski definition) is 1. The van der Waals surface area contributed by atoms with Crippen LogP contribution in [0.3, 0.4) is 0 Å². The molecule has 6 rings (SSSR count). The third kappa shape index (κ3) is 4.35. The van der Waals surface area contributed by atoms with E-state index in [2.05, 4.69) is 39.7 Å². The van der Waals surface area contributed by atoms with E-state index < -0.39 is 5.41 Å². The van der Waals surface area contributed by atoms with E-state index in [4.69, 9.17) is 0 Å². The molecular formula is C31H25FN4OS. The number of benzene rings is 4. The van der Waals surface area contributed by atoms with Gasteiger partial charge in [0.1, 0.15) is 5.82 Å². The van der Waals surface area contributed by atoms with Crippen LogP contribution < -0.4 is 5.32 Å². The SMILES string of the molecule is CC(C)(C(=O)Nc1nc2ccccc2s1)C(c1ccccc1)c1ccc2c(cnn2-c2ccc(F)cc2)c1. The van der Waals surface area contributed by atoms with Crippen molar-refractivity contribution in [1.29, 1.82) is 0 Å². The number of rotatable bonds is 6. The van der Waals surface area contributed by atoms with Crippen LogP contribution in [-0.2, 0) is 4.79 Å². The number of carbonyl (C=O) groups excluding carboxylic acids is 1. The summed E-state index contributed by atoms with van der Waals surface area (Å²) >= 11 is 1.47. The Morgan fingerprint density at radius 2 is 1.66 bits per heavy atom. The van der Waals surface area contributed by atoms with Gasteiger partial charge in [-0.05, 0) is 59.7 Å². The molecule has 1 unspecified atom stereocenters. The number of aromatic nitrogens is 3. The van der Waals surface area contributed by atoms with Crippen LogP contribution in [0.25, 0.3) is 26.8 Å². The lowest BCUT2D eigenvalue weighted by Gasteiger charge is -2.34. The van der Waals surface area contributed by atoms with Gasteiger partial charge in [-0.2, -0.15) is 5.10 Å². The highest BCUT2D eigenvalue weighted by Gasteiger charge is 2.39. The van der Waals surface area contributed by atoms with Gasteiger partial charge in [0, 0.05) is 11.3 Å². The van der Waals surface area contributed by atoms with Crippen LogP contribution in [0.15, 0.2) is 103 Å². The fraction of sp³-hybridized carbons (Fsp3) is 0.129. The van der Waals surface area contributed by atoms with Gasteiger partial charge in [-0.3, -0.25) is 4.79 Å². The van der Waals surface area contributed by atoms with Crippen molar-refractivity contribution in [1.82, 2.24) is 14.8 Å². The van der Waals surface area contributed by atoms with Gasteiger partial charge >= 0.3 is 0 Å². The second-order valence-corrected chi connectivity index (χ2v) is 10.9. The first-order chi connectivity index (χ1) is 18.4. The first-order valence-electron chi connectivity index (χ1n) is 12.4. The molecule has 7 heteroatoms. The molecule has 0 bridgehead atoms. The molecule has 6 aromatic rings. The maximum atomic E-state index is 13.8. The predicted octanol–water partition coefficient (Wildman–Crippen LogP) is 7.57. The van der Waals surface area contributed by atoms with Crippen LogP contribution in [0.5, 0.6) is 0 Å². The van der Waals surface area contributed by atoms with Gasteiger partial charge in [0.25, 0.3) is 0 Å². The topological polar surface area (TPSA) is 59.8 Å². The molecule has 38 heavy (non-hydrogen) atoms. The van der Waals surface area contributed by atoms with Gasteiger partial charge in [-0.15, -0.1) is 0 Å². The largest absolute Gasteiger partial charge is 0.301 e. The van der Waals surface area contributed by atoms with Gasteiger partial charge in [0.15, 0.2) is 5.13 Å². The molecule has 5 nitrogen and oxygen atoms in total. The molecule has 0 radical (unpaired) electrons. The minimum atomic E-state index is -0.806. The Labute approximate surface area is 223 Å². The Morgan fingerprint density at radius 1 is 0.921 bits per heavy atom. The Hall–Kier alpha value is -4.36. The summed E-state index contributed by atoms with van der Waals surface area (Å²) < 4.78 is 16.3. The zero-order valence-electron chi connectivity index (χ0n) is 20.9. The van der Waals surface area contributed by atoms with Crippen LogP contribution in [-0.4, -0.2) is 20.7 Å². The minimum absolute atomic E-state index is 0.104. The van der Waals surface area contributed by atoms with Gasteiger partial charge in [0.05, 0.1) is 33.0 Å². The number of amides is 1. The molecule has 2 heterocycles. The van der Waals surface area contributed by atoms with Gasteiger partial charge < -0.3 is 5.32 Å². The molecule has 0 aliphatic heterocycles. The van der Waals surface area contributed by atoms with E-state index >= 15 is 0 Å². The third-order valence-corrected chi connectivity index (χ3v) is 7.90. The monoisotopic (exact) mass is 520 g/mol. The van der Waals surface area contributed by atoms with Crippen LogP contribution in [0.2, 0.25) is 0 Å². The molecule has 2 aromatic heterocycles. The molecule has 0 spiro atoms. The molecule has 0 fully saturated rings. The van der Waals surface area contributed by atoms with E-state index in [1.807, 2.05) is 62.4 Å². The number of nitrogens with one attached hydrogen (secondary N) is 1. The summed E-state index contributed by atoms with van der Waals surface area (Å²) in [5, 5.41) is 9.16. The normalized spacial score (nSPS) is 12.6. The summed E-state index contributed by atoms with van der Waals surface area (Å²) in [5.41, 5.74) is 3.80. The molecule has 0 saturated carbocycles. The highest BCUT2D eigenvalue weighted by atomic mass is 32.1. The van der Waals surface area contributed by atoms with Crippen molar-refractivity contribution in [3.8, 4) is 5.69 Å². The Balaban J connectivity index is 1.38. The van der Waals surface area contributed by atoms with E-state index in [-0.39, 0.29) is 17.6 Å². The van der Waals surface area contributed by atoms with E-state index in [9.17, 15) is 9.18 Å². The van der Waals surface area contributed by atoms with Crippen molar-refractivity contribution in [3.63, 3.8) is 0 Å². The number of fused-ring (bicyclic) bond motifs is 2. The van der Waals surface area contributed by atoms with Crippen LogP contribution >= 0.6 is 11.3 Å². The van der Waals surface area contributed by atoms with Crippen molar-refractivity contribution in [2.24, 2.45) is 5.41 Å². The maximum absolute atomic E-state index is 13.8. The molecule has 188 valence electrons. The first-order valence-corrected chi connectivity index (χ1v) is 13.2. The Bertz CT molecular complexity index is 1720. The summed E-state index contributed by atoms with van der Waals surface area (Å²) in [6, 6.07) is 30.4. The summed E-state index contributed by atoms with van der Waals surface area (Å²) in [4.78, 5) is 18.4. The predicted molar refractivity (Wildman–Crippen MR) is 151 cm³/mol. The first kappa shape index (κ1) is 24.0. The molecule has 4 aromatic carbocycles. The summed E-state index contributed by atoms with van der Waals surface area (Å²) in [6.07, 6.45) is 1.80. The smallest absolute Gasteiger partial charge is 0.232 e. The maximum Gasteiger partial charge on any atom is 0.232 e. The van der Waals surface area contributed by atoms with Crippen molar-refractivity contribution >= 4 is 43.5 Å². The zero-order chi connectivity index (χ0) is 26.3. The number of thiazole rings is 1. The van der Waals surface area contributed by atoms with Gasteiger partial charge in [0.2, 0.25) is 5.91 Å². The van der Waals surface area contributed by atoms with Crippen molar-refractivity contribution in [2.75, 3.05) is 5.32 Å². The molecule has 1 atom stereocenters. The second kappa shape index (κ2) is 9.50. The average molecular weight is 521 g/mol. The lowest BCUT2D eigenvalue weighted by molar-refractivity contribution is -0.124. The van der Waals surface area contributed by atoms with Gasteiger partial charge in [-0.1, -0.05) is 73.7 Å². The second-order valence-electron chi connectivity index (χ2n) is 9.86. The number of hydrogen-bond acceptors (Lipinski definition) is 4. The van der Waals surface area contributed by atoms with Crippen molar-refractivity contribution in [3.05, 3.63) is 120 Å². The van der Waals surface area contributed by atoms with Crippen molar-refractivity contribution < 1.29 is 9.18 Å². The number of para-hydroxylation sites is 1. The summed E-state index contributed by atoms with van der Waals surface area (Å²) in [5.74, 6) is -0.617. The van der Waals surface area contributed by atoms with Crippen molar-refractivity contribution in [2.45, 2.75) is 19.8 Å². The molecule has 1 amide bonds. The average Bonchev–Trinajstić information content (AvgIpc) is 3.53. The molecule has 1 N–H and O–H groups in total. The number of nitrogens with zero attached hydrogens (tertiary/aromatic N) is 3. The highest BCUT2D eigenvalue weighted by molar-refractivity contribution is 7.22. The minimum Gasteiger partial charge on any atom is -0.301 e. The molecular weight excluding hydrogens is 495 g/mol. The molecule has 0 saturated heterocycles. The lowest BCUT2D eigenvalue weighted by Crippen LogP contribution is -2.37. The highest BCUT2D eigenvalue weighted by Crippen LogP contribution is 2.43. The quantitative estimate of drug-likeness (QED) is 0.246. The molecule has 0 aliphatic rings. The number of halogens is 1. The van der Waals surface area contributed by atoms with E-state index in [1.54, 1.807) is 23.0 Å². The van der Waals surface area contributed by atoms with E-state index in [1.165, 1.54) is 23.5 Å². The summed E-state index contributed by atoms with van der Waals surface area (Å²) in [7, 11) is 0. The Morgan fingerprint density at radius 3 is 2.42 bits per heavy atom.